The van der Waals surface area contributed by atoms with Crippen molar-refractivity contribution in [3.8, 4) is 5.75 Å². The topological polar surface area (TPSA) is 107 Å². The van der Waals surface area contributed by atoms with E-state index in [1.807, 2.05) is 6.92 Å². The van der Waals surface area contributed by atoms with E-state index in [-0.39, 0.29) is 17.3 Å². The molecule has 0 N–H and O–H groups in total. The van der Waals surface area contributed by atoms with Crippen molar-refractivity contribution < 1.29 is 22.3 Å². The molecule has 2 aromatic carbocycles. The zero-order chi connectivity index (χ0) is 22.1. The third kappa shape index (κ3) is 7.67. The van der Waals surface area contributed by atoms with E-state index in [2.05, 4.69) is 0 Å². The van der Waals surface area contributed by atoms with Crippen LogP contribution < -0.4 is 4.18 Å². The van der Waals surface area contributed by atoms with Crippen LogP contribution in [0.3, 0.4) is 0 Å². The van der Waals surface area contributed by atoms with Gasteiger partial charge in [0.2, 0.25) is 5.91 Å². The summed E-state index contributed by atoms with van der Waals surface area (Å²) in [4.78, 5) is 24.6. The number of nitrogens with zero attached hydrogens (tertiary/aromatic N) is 2. The lowest BCUT2D eigenvalue weighted by atomic mass is 10.1. The molecule has 0 heterocycles. The molecular weight excluding hydrogens is 408 g/mol. The fourth-order valence-electron chi connectivity index (χ4n) is 2.64. The molecular formula is C21H24N2O6S. The Morgan fingerprint density at radius 3 is 2.30 bits per heavy atom. The maximum atomic E-state index is 12.7. The van der Waals surface area contributed by atoms with Crippen molar-refractivity contribution in [1.82, 2.24) is 4.90 Å². The zero-order valence-electron chi connectivity index (χ0n) is 16.9. The molecule has 160 valence electrons. The number of amides is 1. The molecule has 1 amide bonds. The lowest BCUT2D eigenvalue weighted by Crippen LogP contribution is -2.30. The maximum Gasteiger partial charge on any atom is 0.306 e. The molecule has 0 aliphatic rings. The molecule has 8 nitrogen and oxygen atoms in total. The molecule has 9 heteroatoms. The number of hydrogen-bond acceptors (Lipinski definition) is 6. The van der Waals surface area contributed by atoms with Crippen molar-refractivity contribution in [2.24, 2.45) is 0 Å². The van der Waals surface area contributed by atoms with Gasteiger partial charge in [-0.2, -0.15) is 8.42 Å². The molecule has 0 aliphatic heterocycles. The lowest BCUT2D eigenvalue weighted by Gasteiger charge is -2.21. The first-order valence-corrected chi connectivity index (χ1v) is 11.2. The summed E-state index contributed by atoms with van der Waals surface area (Å²) in [7, 11) is -3.59. The Morgan fingerprint density at radius 1 is 1.13 bits per heavy atom. The number of nitro groups is 1. The normalized spacial score (nSPS) is 11.4. The number of benzene rings is 2. The lowest BCUT2D eigenvalue weighted by molar-refractivity contribution is -0.384. The van der Waals surface area contributed by atoms with Gasteiger partial charge in [-0.3, -0.25) is 14.9 Å². The second-order valence-corrected chi connectivity index (χ2v) is 8.30. The van der Waals surface area contributed by atoms with Crippen LogP contribution in [0.2, 0.25) is 0 Å². The smallest absolute Gasteiger partial charge is 0.306 e. The molecule has 0 saturated carbocycles. The summed E-state index contributed by atoms with van der Waals surface area (Å²) in [5.74, 6) is 0.0315. The van der Waals surface area contributed by atoms with Gasteiger partial charge in [-0.1, -0.05) is 25.5 Å². The molecule has 0 aliphatic carbocycles. The molecule has 0 bridgehead atoms. The van der Waals surface area contributed by atoms with Gasteiger partial charge < -0.3 is 9.08 Å². The van der Waals surface area contributed by atoms with E-state index in [0.29, 0.717) is 18.7 Å². The highest BCUT2D eigenvalue weighted by Crippen LogP contribution is 2.17. The number of nitro benzene ring substituents is 1. The van der Waals surface area contributed by atoms with Gasteiger partial charge in [-0.25, -0.2) is 0 Å². The molecule has 0 fully saturated rings. The average molecular weight is 432 g/mol. The fourth-order valence-corrected chi connectivity index (χ4v) is 3.10. The summed E-state index contributed by atoms with van der Waals surface area (Å²) in [6.45, 7) is 2.97. The Bertz CT molecular complexity index is 999. The number of carbonyl (C=O) groups is 1. The number of rotatable bonds is 10. The minimum atomic E-state index is -3.59. The van der Waals surface area contributed by atoms with E-state index in [1.165, 1.54) is 18.2 Å². The molecule has 0 radical (unpaired) electrons. The molecule has 30 heavy (non-hydrogen) atoms. The van der Waals surface area contributed by atoms with Crippen molar-refractivity contribution in [1.29, 1.82) is 0 Å². The molecule has 0 saturated heterocycles. The van der Waals surface area contributed by atoms with Crippen molar-refractivity contribution in [3.63, 3.8) is 0 Å². The number of carbonyl (C=O) groups excluding carboxylic acids is 1. The van der Waals surface area contributed by atoms with Crippen LogP contribution in [0.1, 0.15) is 30.9 Å². The fraction of sp³-hybridized carbons (Fsp3) is 0.286. The first kappa shape index (κ1) is 23.1. The van der Waals surface area contributed by atoms with Crippen molar-refractivity contribution in [2.45, 2.75) is 26.3 Å². The second-order valence-electron chi connectivity index (χ2n) is 6.73. The molecule has 0 atom stereocenters. The minimum absolute atomic E-state index is 0.00801. The van der Waals surface area contributed by atoms with E-state index >= 15 is 0 Å². The van der Waals surface area contributed by atoms with Crippen LogP contribution in [0.5, 0.6) is 5.75 Å². The maximum absolute atomic E-state index is 12.7. The van der Waals surface area contributed by atoms with Crippen LogP contribution in [-0.2, 0) is 21.5 Å². The van der Waals surface area contributed by atoms with Gasteiger partial charge in [0.05, 0.1) is 11.2 Å². The average Bonchev–Trinajstić information content (AvgIpc) is 2.69. The molecule has 2 aromatic rings. The van der Waals surface area contributed by atoms with E-state index in [4.69, 9.17) is 4.18 Å². The Morgan fingerprint density at radius 2 is 1.77 bits per heavy atom. The van der Waals surface area contributed by atoms with Crippen LogP contribution >= 0.6 is 0 Å². The largest absolute Gasteiger partial charge is 0.383 e. The predicted octanol–water partition coefficient (Wildman–Crippen LogP) is 3.78. The van der Waals surface area contributed by atoms with Gasteiger partial charge >= 0.3 is 10.1 Å². The molecule has 0 aromatic heterocycles. The summed E-state index contributed by atoms with van der Waals surface area (Å²) < 4.78 is 27.2. The van der Waals surface area contributed by atoms with Gasteiger partial charge in [0, 0.05) is 31.3 Å². The monoisotopic (exact) mass is 432 g/mol. The van der Waals surface area contributed by atoms with E-state index in [9.17, 15) is 23.3 Å². The Labute approximate surface area is 176 Å². The molecule has 0 unspecified atom stereocenters. The van der Waals surface area contributed by atoms with E-state index < -0.39 is 15.0 Å². The number of unbranched alkanes of at least 4 members (excludes halogenated alkanes) is 1. The first-order chi connectivity index (χ1) is 14.2. The summed E-state index contributed by atoms with van der Waals surface area (Å²) in [5.41, 5.74) is 1.52. The zero-order valence-corrected chi connectivity index (χ0v) is 17.7. The molecule has 2 rings (SSSR count). The van der Waals surface area contributed by atoms with Crippen molar-refractivity contribution in [2.75, 3.05) is 12.8 Å². The van der Waals surface area contributed by atoms with Gasteiger partial charge in [0.1, 0.15) is 5.75 Å². The summed E-state index contributed by atoms with van der Waals surface area (Å²) >= 11 is 0. The summed E-state index contributed by atoms with van der Waals surface area (Å²) in [6.07, 6.45) is 5.80. The van der Waals surface area contributed by atoms with Crippen molar-refractivity contribution >= 4 is 27.8 Å². The van der Waals surface area contributed by atoms with Crippen LogP contribution in [-0.4, -0.2) is 36.9 Å². The molecule has 0 spiro atoms. The van der Waals surface area contributed by atoms with E-state index in [0.717, 1.165) is 24.7 Å². The first-order valence-electron chi connectivity index (χ1n) is 9.38. The standard InChI is InChI=1S/C21H24N2O6S/c1-3-4-15-22(16-18-7-12-20(13-8-18)29-30(2,27)28)21(24)14-9-17-5-10-19(11-6-17)23(25)26/h5-14H,3-4,15-16H2,1-2H3. The highest BCUT2D eigenvalue weighted by Gasteiger charge is 2.12. The van der Waals surface area contributed by atoms with E-state index in [1.54, 1.807) is 47.4 Å². The van der Waals surface area contributed by atoms with Gasteiger partial charge in [-0.05, 0) is 47.9 Å². The summed E-state index contributed by atoms with van der Waals surface area (Å²) in [6, 6.07) is 12.5. The van der Waals surface area contributed by atoms with Crippen LogP contribution in [0, 0.1) is 10.1 Å². The van der Waals surface area contributed by atoms with Gasteiger partial charge in [0.25, 0.3) is 5.69 Å². The predicted molar refractivity (Wildman–Crippen MR) is 114 cm³/mol. The summed E-state index contributed by atoms with van der Waals surface area (Å²) in [5, 5.41) is 10.7. The Kier molecular flexibility index (Phi) is 8.11. The third-order valence-corrected chi connectivity index (χ3v) is 4.66. The number of hydrogen-bond donors (Lipinski definition) is 0. The highest BCUT2D eigenvalue weighted by atomic mass is 32.2. The van der Waals surface area contributed by atoms with Crippen molar-refractivity contribution in [3.05, 3.63) is 75.8 Å². The second kappa shape index (κ2) is 10.5. The van der Waals surface area contributed by atoms with Crippen LogP contribution in [0.15, 0.2) is 54.6 Å². The number of non-ortho nitro benzene ring substituents is 1. The Hall–Kier alpha value is -3.20. The van der Waals surface area contributed by atoms with Crippen LogP contribution in [0.4, 0.5) is 5.69 Å². The Balaban J connectivity index is 2.08. The van der Waals surface area contributed by atoms with Gasteiger partial charge in [0.15, 0.2) is 0 Å². The SMILES string of the molecule is CCCCN(Cc1ccc(OS(C)(=O)=O)cc1)C(=O)C=Cc1ccc([N+](=O)[O-])cc1. The quantitative estimate of drug-likeness (QED) is 0.245. The van der Waals surface area contributed by atoms with Crippen LogP contribution in [0.25, 0.3) is 6.08 Å². The highest BCUT2D eigenvalue weighted by molar-refractivity contribution is 7.86. The third-order valence-electron chi connectivity index (χ3n) is 4.16. The van der Waals surface area contributed by atoms with Gasteiger partial charge in [-0.15, -0.1) is 0 Å². The minimum Gasteiger partial charge on any atom is -0.383 e.